The Labute approximate surface area is 117 Å². The maximum Gasteiger partial charge on any atom is 0.297 e. The van der Waals surface area contributed by atoms with Crippen LogP contribution in [0.1, 0.15) is 25.5 Å². The van der Waals surface area contributed by atoms with Crippen molar-refractivity contribution < 1.29 is 9.15 Å². The molecule has 0 N–H and O–H groups in total. The lowest BCUT2D eigenvalue weighted by Gasteiger charge is -2.30. The van der Waals surface area contributed by atoms with E-state index in [2.05, 4.69) is 26.8 Å². The van der Waals surface area contributed by atoms with Crippen LogP contribution in [0.25, 0.3) is 0 Å². The molecule has 6 nitrogen and oxygen atoms in total. The maximum atomic E-state index is 5.81. The Morgan fingerprint density at radius 1 is 1.35 bits per heavy atom. The van der Waals surface area contributed by atoms with Crippen molar-refractivity contribution in [1.82, 2.24) is 15.0 Å². The van der Waals surface area contributed by atoms with Crippen LogP contribution in [-0.4, -0.2) is 34.1 Å². The number of rotatable bonds is 4. The zero-order valence-corrected chi connectivity index (χ0v) is 11.5. The Balaban J connectivity index is 1.54. The Bertz CT molecular complexity index is 535. The summed E-state index contributed by atoms with van der Waals surface area (Å²) >= 11 is 0. The lowest BCUT2D eigenvalue weighted by Crippen LogP contribution is -2.38. The minimum absolute atomic E-state index is 0.184. The fourth-order valence-corrected chi connectivity index (χ4v) is 2.29. The SMILES string of the molecule is CCc1coc(N2CCC(Oc3cnccn3)CC2)n1. The number of aromatic nitrogens is 3. The molecule has 0 spiro atoms. The summed E-state index contributed by atoms with van der Waals surface area (Å²) in [6, 6.07) is 0.722. The lowest BCUT2D eigenvalue weighted by molar-refractivity contribution is 0.161. The van der Waals surface area contributed by atoms with Crippen molar-refractivity contribution in [3.05, 3.63) is 30.5 Å². The van der Waals surface area contributed by atoms with Gasteiger partial charge in [0.2, 0.25) is 5.88 Å². The van der Waals surface area contributed by atoms with Crippen molar-refractivity contribution in [2.75, 3.05) is 18.0 Å². The number of piperidine rings is 1. The molecule has 1 saturated heterocycles. The largest absolute Gasteiger partial charge is 0.473 e. The number of ether oxygens (including phenoxy) is 1. The second-order valence-corrected chi connectivity index (χ2v) is 4.82. The van der Waals surface area contributed by atoms with E-state index in [9.17, 15) is 0 Å². The van der Waals surface area contributed by atoms with E-state index in [1.54, 1.807) is 24.9 Å². The highest BCUT2D eigenvalue weighted by Crippen LogP contribution is 2.21. The molecule has 0 amide bonds. The third kappa shape index (κ3) is 2.89. The van der Waals surface area contributed by atoms with Gasteiger partial charge in [-0.1, -0.05) is 6.92 Å². The molecule has 1 fully saturated rings. The average Bonchev–Trinajstić information content (AvgIpc) is 2.98. The molecule has 1 aliphatic rings. The highest BCUT2D eigenvalue weighted by atomic mass is 16.5. The van der Waals surface area contributed by atoms with E-state index < -0.39 is 0 Å². The molecular weight excluding hydrogens is 256 g/mol. The van der Waals surface area contributed by atoms with Gasteiger partial charge in [0.15, 0.2) is 0 Å². The molecule has 0 radical (unpaired) electrons. The van der Waals surface area contributed by atoms with Crippen molar-refractivity contribution in [3.8, 4) is 5.88 Å². The number of hydrogen-bond donors (Lipinski definition) is 0. The fraction of sp³-hybridized carbons (Fsp3) is 0.500. The van der Waals surface area contributed by atoms with Crippen molar-refractivity contribution in [2.45, 2.75) is 32.3 Å². The first kappa shape index (κ1) is 12.9. The van der Waals surface area contributed by atoms with E-state index >= 15 is 0 Å². The molecule has 20 heavy (non-hydrogen) atoms. The third-order valence-corrected chi connectivity index (χ3v) is 3.44. The number of aryl methyl sites for hydroxylation is 1. The van der Waals surface area contributed by atoms with Gasteiger partial charge < -0.3 is 14.1 Å². The summed E-state index contributed by atoms with van der Waals surface area (Å²) in [6.07, 6.45) is 9.61. The van der Waals surface area contributed by atoms with Crippen LogP contribution in [0.5, 0.6) is 5.88 Å². The Morgan fingerprint density at radius 2 is 2.20 bits per heavy atom. The van der Waals surface area contributed by atoms with Gasteiger partial charge in [0.25, 0.3) is 6.01 Å². The van der Waals surface area contributed by atoms with Gasteiger partial charge in [-0.05, 0) is 6.42 Å². The Hall–Kier alpha value is -2.11. The van der Waals surface area contributed by atoms with Crippen LogP contribution in [0.2, 0.25) is 0 Å². The number of anilines is 1. The predicted molar refractivity (Wildman–Crippen MR) is 73.8 cm³/mol. The van der Waals surface area contributed by atoms with Gasteiger partial charge in [-0.3, -0.25) is 4.98 Å². The molecule has 0 aliphatic carbocycles. The quantitative estimate of drug-likeness (QED) is 0.850. The first-order valence-corrected chi connectivity index (χ1v) is 6.97. The summed E-state index contributed by atoms with van der Waals surface area (Å²) in [6.45, 7) is 3.84. The molecule has 2 aromatic rings. The second-order valence-electron chi connectivity index (χ2n) is 4.82. The zero-order chi connectivity index (χ0) is 13.8. The topological polar surface area (TPSA) is 64.3 Å². The van der Waals surface area contributed by atoms with Crippen LogP contribution in [0, 0.1) is 0 Å². The molecule has 0 unspecified atom stereocenters. The molecule has 0 bridgehead atoms. The molecule has 3 heterocycles. The molecule has 0 aromatic carbocycles. The molecule has 1 aliphatic heterocycles. The van der Waals surface area contributed by atoms with Gasteiger partial charge in [0, 0.05) is 38.3 Å². The van der Waals surface area contributed by atoms with Gasteiger partial charge in [-0.25, -0.2) is 4.98 Å². The van der Waals surface area contributed by atoms with Gasteiger partial charge in [-0.2, -0.15) is 4.98 Å². The summed E-state index contributed by atoms with van der Waals surface area (Å²) in [4.78, 5) is 14.8. The highest BCUT2D eigenvalue weighted by Gasteiger charge is 2.23. The zero-order valence-electron chi connectivity index (χ0n) is 11.5. The minimum Gasteiger partial charge on any atom is -0.473 e. The molecule has 106 valence electrons. The van der Waals surface area contributed by atoms with Crippen molar-refractivity contribution in [1.29, 1.82) is 0 Å². The van der Waals surface area contributed by atoms with Gasteiger partial charge in [0.05, 0.1) is 11.9 Å². The summed E-state index contributed by atoms with van der Waals surface area (Å²) < 4.78 is 11.3. The second kappa shape index (κ2) is 5.90. The summed E-state index contributed by atoms with van der Waals surface area (Å²) in [7, 11) is 0. The maximum absolute atomic E-state index is 5.81. The van der Waals surface area contributed by atoms with Crippen LogP contribution in [0.4, 0.5) is 6.01 Å². The summed E-state index contributed by atoms with van der Waals surface area (Å²) in [5, 5.41) is 0. The molecule has 2 aromatic heterocycles. The standard InChI is InChI=1S/C14H18N4O2/c1-2-11-10-19-14(17-11)18-7-3-12(4-8-18)20-13-9-15-5-6-16-13/h5-6,9-10,12H,2-4,7-8H2,1H3. The van der Waals surface area contributed by atoms with Crippen LogP contribution in [0.15, 0.2) is 29.3 Å². The Morgan fingerprint density at radius 3 is 2.85 bits per heavy atom. The first-order chi connectivity index (χ1) is 9.85. The van der Waals surface area contributed by atoms with Crippen LogP contribution in [0.3, 0.4) is 0 Å². The molecule has 3 rings (SSSR count). The highest BCUT2D eigenvalue weighted by molar-refractivity contribution is 5.27. The van der Waals surface area contributed by atoms with Crippen molar-refractivity contribution in [3.63, 3.8) is 0 Å². The normalized spacial score (nSPS) is 16.4. The van der Waals surface area contributed by atoms with Gasteiger partial charge >= 0.3 is 0 Å². The van der Waals surface area contributed by atoms with E-state index in [-0.39, 0.29) is 6.10 Å². The monoisotopic (exact) mass is 274 g/mol. The Kier molecular flexibility index (Phi) is 3.80. The number of oxazole rings is 1. The lowest BCUT2D eigenvalue weighted by atomic mass is 10.1. The third-order valence-electron chi connectivity index (χ3n) is 3.44. The van der Waals surface area contributed by atoms with E-state index in [0.29, 0.717) is 5.88 Å². The van der Waals surface area contributed by atoms with Crippen LogP contribution >= 0.6 is 0 Å². The van der Waals surface area contributed by atoms with E-state index in [4.69, 9.17) is 9.15 Å². The van der Waals surface area contributed by atoms with Crippen molar-refractivity contribution in [2.24, 2.45) is 0 Å². The summed E-state index contributed by atoms with van der Waals surface area (Å²) in [5.41, 5.74) is 0.998. The molecular formula is C14H18N4O2. The molecule has 0 saturated carbocycles. The molecule has 0 atom stereocenters. The number of hydrogen-bond acceptors (Lipinski definition) is 6. The first-order valence-electron chi connectivity index (χ1n) is 6.97. The molecule has 6 heteroatoms. The van der Waals surface area contributed by atoms with Crippen LogP contribution < -0.4 is 9.64 Å². The van der Waals surface area contributed by atoms with Crippen LogP contribution in [-0.2, 0) is 6.42 Å². The van der Waals surface area contributed by atoms with Gasteiger partial charge in [-0.15, -0.1) is 0 Å². The fourth-order valence-electron chi connectivity index (χ4n) is 2.29. The smallest absolute Gasteiger partial charge is 0.297 e. The summed E-state index contributed by atoms with van der Waals surface area (Å²) in [5.74, 6) is 0.593. The van der Waals surface area contributed by atoms with E-state index in [0.717, 1.165) is 44.1 Å². The van der Waals surface area contributed by atoms with Gasteiger partial charge in [0.1, 0.15) is 12.4 Å². The van der Waals surface area contributed by atoms with Crippen molar-refractivity contribution >= 4 is 6.01 Å². The minimum atomic E-state index is 0.184. The average molecular weight is 274 g/mol. The predicted octanol–water partition coefficient (Wildman–Crippen LogP) is 2.07. The van der Waals surface area contributed by atoms with E-state index in [1.165, 1.54) is 0 Å². The van der Waals surface area contributed by atoms with E-state index in [1.807, 2.05) is 0 Å². The number of nitrogens with zero attached hydrogens (tertiary/aromatic N) is 4.